The molecule has 0 amide bonds. The topological polar surface area (TPSA) is 88.1 Å². The minimum atomic E-state index is -1.11. The number of imidazole rings is 1. The van der Waals surface area contributed by atoms with Crippen LogP contribution >= 0.6 is 11.3 Å². The van der Waals surface area contributed by atoms with E-state index in [1.807, 2.05) is 39.8 Å². The molecule has 3 heterocycles. The molecular weight excluding hydrogens is 422 g/mol. The molecule has 0 radical (unpaired) electrons. The maximum absolute atomic E-state index is 12.5. The summed E-state index contributed by atoms with van der Waals surface area (Å²) < 4.78 is 6.11. The van der Waals surface area contributed by atoms with Crippen molar-refractivity contribution in [2.45, 2.75) is 65.1 Å². The van der Waals surface area contributed by atoms with Crippen molar-refractivity contribution in [2.75, 3.05) is 0 Å². The van der Waals surface area contributed by atoms with Gasteiger partial charge in [0.2, 0.25) is 0 Å². The van der Waals surface area contributed by atoms with Gasteiger partial charge in [-0.3, -0.25) is 0 Å². The summed E-state index contributed by atoms with van der Waals surface area (Å²) in [5, 5.41) is 11.3. The summed E-state index contributed by atoms with van der Waals surface area (Å²) in [5.74, 6) is -1.00. The second-order valence-electron chi connectivity index (χ2n) is 9.46. The van der Waals surface area contributed by atoms with Crippen LogP contribution in [-0.4, -0.2) is 31.6 Å². The molecule has 0 fully saturated rings. The fourth-order valence-electron chi connectivity index (χ4n) is 4.71. The molecule has 1 aliphatic carbocycles. The molecule has 1 aromatic carbocycles. The monoisotopic (exact) mass is 449 g/mol. The van der Waals surface area contributed by atoms with Gasteiger partial charge in [-0.1, -0.05) is 6.07 Å². The third-order valence-corrected chi connectivity index (χ3v) is 7.18. The Morgan fingerprint density at radius 3 is 2.78 bits per heavy atom. The fraction of sp³-hybridized carbons (Fsp3) is 0.400. The smallest absolute Gasteiger partial charge is 0.337 e. The summed E-state index contributed by atoms with van der Waals surface area (Å²) in [6.45, 7) is 7.54. The van der Waals surface area contributed by atoms with Gasteiger partial charge >= 0.3 is 5.97 Å². The number of pyridine rings is 1. The third-order valence-electron chi connectivity index (χ3n) is 6.00. The largest absolute Gasteiger partial charge is 0.479 e. The van der Waals surface area contributed by atoms with Gasteiger partial charge in [-0.2, -0.15) is 0 Å². The first-order chi connectivity index (χ1) is 15.2. The maximum atomic E-state index is 12.5. The highest BCUT2D eigenvalue weighted by molar-refractivity contribution is 7.19. The van der Waals surface area contributed by atoms with E-state index in [-0.39, 0.29) is 0 Å². The summed E-state index contributed by atoms with van der Waals surface area (Å²) in [7, 11) is 0. The van der Waals surface area contributed by atoms with Crippen molar-refractivity contribution in [1.82, 2.24) is 15.0 Å². The van der Waals surface area contributed by atoms with Crippen LogP contribution < -0.4 is 0 Å². The molecule has 3 aromatic heterocycles. The van der Waals surface area contributed by atoms with Crippen LogP contribution in [0, 0.1) is 6.92 Å². The van der Waals surface area contributed by atoms with Crippen LogP contribution in [0.15, 0.2) is 24.5 Å². The zero-order chi connectivity index (χ0) is 22.6. The Labute approximate surface area is 190 Å². The molecule has 166 valence electrons. The number of carbonyl (C=O) groups is 1. The van der Waals surface area contributed by atoms with E-state index in [2.05, 4.69) is 16.0 Å². The predicted molar refractivity (Wildman–Crippen MR) is 127 cm³/mol. The molecule has 32 heavy (non-hydrogen) atoms. The van der Waals surface area contributed by atoms with Crippen molar-refractivity contribution in [3.05, 3.63) is 46.2 Å². The van der Waals surface area contributed by atoms with Crippen LogP contribution in [0.1, 0.15) is 61.4 Å². The molecule has 0 aliphatic heterocycles. The number of thiophene rings is 1. The van der Waals surface area contributed by atoms with Crippen molar-refractivity contribution in [3.63, 3.8) is 0 Å². The first-order valence-electron chi connectivity index (χ1n) is 11.0. The third kappa shape index (κ3) is 3.59. The quantitative estimate of drug-likeness (QED) is 0.401. The lowest BCUT2D eigenvalue weighted by atomic mass is 9.88. The summed E-state index contributed by atoms with van der Waals surface area (Å²) in [4.78, 5) is 27.3. The fourth-order valence-corrected chi connectivity index (χ4v) is 6.03. The zero-order valence-electron chi connectivity index (χ0n) is 18.8. The summed E-state index contributed by atoms with van der Waals surface area (Å²) in [5.41, 5.74) is 5.74. The lowest BCUT2D eigenvalue weighted by molar-refractivity contribution is -0.160. The number of rotatable bonds is 4. The number of nitrogens with zero attached hydrogens (tertiary/aromatic N) is 2. The minimum absolute atomic E-state index is 0.622. The van der Waals surface area contributed by atoms with E-state index in [1.54, 1.807) is 17.7 Å². The van der Waals surface area contributed by atoms with Crippen molar-refractivity contribution in [3.8, 4) is 11.1 Å². The number of carboxylic acid groups (broad SMARTS) is 1. The lowest BCUT2D eigenvalue weighted by Gasteiger charge is -2.28. The number of ether oxygens (including phenoxy) is 1. The van der Waals surface area contributed by atoms with Crippen molar-refractivity contribution >= 4 is 38.6 Å². The van der Waals surface area contributed by atoms with Crippen molar-refractivity contribution in [2.24, 2.45) is 0 Å². The number of aryl methyl sites for hydroxylation is 3. The van der Waals surface area contributed by atoms with Gasteiger partial charge in [0.1, 0.15) is 4.83 Å². The first kappa shape index (κ1) is 21.1. The number of hydrogen-bond acceptors (Lipinski definition) is 5. The number of aromatic nitrogens is 3. The van der Waals surface area contributed by atoms with Crippen molar-refractivity contribution < 1.29 is 14.6 Å². The van der Waals surface area contributed by atoms with E-state index < -0.39 is 17.7 Å². The maximum Gasteiger partial charge on any atom is 0.337 e. The van der Waals surface area contributed by atoms with Crippen LogP contribution in [0.25, 0.3) is 32.4 Å². The van der Waals surface area contributed by atoms with Crippen LogP contribution in [0.3, 0.4) is 0 Å². The first-order valence-corrected chi connectivity index (χ1v) is 11.8. The van der Waals surface area contributed by atoms with Crippen LogP contribution in [0.4, 0.5) is 0 Å². The lowest BCUT2D eigenvalue weighted by Crippen LogP contribution is -2.28. The van der Waals surface area contributed by atoms with Crippen LogP contribution in [-0.2, 0) is 22.4 Å². The molecule has 6 nitrogen and oxygen atoms in total. The molecule has 4 aromatic rings. The number of hydrogen-bond donors (Lipinski definition) is 2. The number of H-pyrrole nitrogens is 1. The van der Waals surface area contributed by atoms with E-state index in [1.165, 1.54) is 16.9 Å². The zero-order valence-corrected chi connectivity index (χ0v) is 19.6. The molecule has 7 heteroatoms. The van der Waals surface area contributed by atoms with Crippen LogP contribution in [0.2, 0.25) is 0 Å². The number of aliphatic carboxylic acids is 1. The van der Waals surface area contributed by atoms with Gasteiger partial charge in [-0.05, 0) is 76.6 Å². The highest BCUT2D eigenvalue weighted by Crippen LogP contribution is 2.46. The van der Waals surface area contributed by atoms with Gasteiger partial charge in [-0.15, -0.1) is 11.3 Å². The molecular formula is C25H27N3O3S. The molecule has 2 N–H and O–H groups in total. The molecule has 5 rings (SSSR count). The molecule has 1 atom stereocenters. The standard InChI is InChI=1S/C25H27N3O3S/c1-13-19(22(24(29)30)31-25(2,3)4)20(14-9-10-16-17(11-14)27-12-26-16)21-15-7-5-6-8-18(15)32-23(21)28-13/h9-12,22H,5-8H2,1-4H3,(H,26,27)(H,29,30). The number of nitrogens with one attached hydrogen (secondary N) is 1. The normalized spacial score (nSPS) is 15.2. The van der Waals surface area contributed by atoms with Gasteiger partial charge in [0, 0.05) is 27.1 Å². The van der Waals surface area contributed by atoms with E-state index in [4.69, 9.17) is 9.72 Å². The molecule has 1 aliphatic rings. The molecule has 0 saturated carbocycles. The Morgan fingerprint density at radius 2 is 2.03 bits per heavy atom. The van der Waals surface area contributed by atoms with Gasteiger partial charge in [0.15, 0.2) is 6.10 Å². The molecule has 1 unspecified atom stereocenters. The summed E-state index contributed by atoms with van der Waals surface area (Å²) in [6, 6.07) is 6.07. The predicted octanol–water partition coefficient (Wildman–Crippen LogP) is 5.97. The van der Waals surface area contributed by atoms with E-state index in [0.717, 1.165) is 51.6 Å². The highest BCUT2D eigenvalue weighted by atomic mass is 32.1. The Morgan fingerprint density at radius 1 is 1.25 bits per heavy atom. The minimum Gasteiger partial charge on any atom is -0.479 e. The second-order valence-corrected chi connectivity index (χ2v) is 10.5. The second kappa shape index (κ2) is 7.67. The number of carboxylic acids is 1. The van der Waals surface area contributed by atoms with Crippen LogP contribution in [0.5, 0.6) is 0 Å². The Hall–Kier alpha value is -2.77. The molecule has 0 spiro atoms. The Kier molecular flexibility index (Phi) is 5.06. The highest BCUT2D eigenvalue weighted by Gasteiger charge is 2.34. The van der Waals surface area contributed by atoms with Gasteiger partial charge in [0.05, 0.1) is 23.0 Å². The number of benzene rings is 1. The van der Waals surface area contributed by atoms with Gasteiger partial charge < -0.3 is 14.8 Å². The van der Waals surface area contributed by atoms with Gasteiger partial charge in [-0.25, -0.2) is 14.8 Å². The Bertz CT molecular complexity index is 1350. The summed E-state index contributed by atoms with van der Waals surface area (Å²) >= 11 is 1.75. The average Bonchev–Trinajstić information content (AvgIpc) is 3.33. The molecule has 0 saturated heterocycles. The molecule has 0 bridgehead atoms. The SMILES string of the molecule is Cc1nc2sc3c(c2c(-c2ccc4nc[nH]c4c2)c1C(OC(C)(C)C)C(=O)O)CCCC3. The van der Waals surface area contributed by atoms with E-state index >= 15 is 0 Å². The average molecular weight is 450 g/mol. The van der Waals surface area contributed by atoms with Crippen molar-refractivity contribution in [1.29, 1.82) is 0 Å². The Balaban J connectivity index is 1.87. The van der Waals surface area contributed by atoms with E-state index in [0.29, 0.717) is 11.3 Å². The number of aromatic amines is 1. The van der Waals surface area contributed by atoms with Gasteiger partial charge in [0.25, 0.3) is 0 Å². The van der Waals surface area contributed by atoms with E-state index in [9.17, 15) is 9.90 Å². The summed E-state index contributed by atoms with van der Waals surface area (Å²) in [6.07, 6.45) is 4.95. The number of fused-ring (bicyclic) bond motifs is 4.